The summed E-state index contributed by atoms with van der Waals surface area (Å²) in [6, 6.07) is 0. The van der Waals surface area contributed by atoms with E-state index >= 15 is 0 Å². The largest absolute Gasteiger partial charge is 1.00 e. The number of nitrogens with zero attached hydrogens (tertiary/aromatic N) is 1. The molecule has 0 unspecified atom stereocenters. The minimum Gasteiger partial charge on any atom is -0.279 e. The molecule has 1 fully saturated rings. The van der Waals surface area contributed by atoms with E-state index in [1.807, 2.05) is 0 Å². The molecular formula is C4H5NNaO3+. The second kappa shape index (κ2) is 3.31. The van der Waals surface area contributed by atoms with Crippen molar-refractivity contribution in [3.63, 3.8) is 0 Å². The normalized spacial score (nSPS) is 18.1. The number of hydrogen-bond acceptors (Lipinski definition) is 3. The molecule has 1 aliphatic heterocycles. The average molecular weight is 138 g/mol. The van der Waals surface area contributed by atoms with Crippen LogP contribution in [0.15, 0.2) is 0 Å². The van der Waals surface area contributed by atoms with Crippen LogP contribution in [0.1, 0.15) is 12.8 Å². The first kappa shape index (κ1) is 9.10. The zero-order chi connectivity index (χ0) is 6.15. The van der Waals surface area contributed by atoms with Crippen molar-refractivity contribution < 1.29 is 44.4 Å². The molecule has 0 spiro atoms. The van der Waals surface area contributed by atoms with Gasteiger partial charge in [-0.25, -0.2) is 0 Å². The van der Waals surface area contributed by atoms with Crippen molar-refractivity contribution in [3.8, 4) is 0 Å². The fourth-order valence-electron chi connectivity index (χ4n) is 0.565. The van der Waals surface area contributed by atoms with Gasteiger partial charge in [-0.2, -0.15) is 5.06 Å². The van der Waals surface area contributed by atoms with E-state index in [9.17, 15) is 9.59 Å². The predicted molar refractivity (Wildman–Crippen MR) is 22.9 cm³/mol. The van der Waals surface area contributed by atoms with Gasteiger partial charge in [0.15, 0.2) is 0 Å². The number of imide groups is 1. The monoisotopic (exact) mass is 138 g/mol. The number of carbonyl (C=O) groups excluding carboxylic acids is 2. The quantitative estimate of drug-likeness (QED) is 0.215. The smallest absolute Gasteiger partial charge is 0.279 e. The number of hydrogen-bond donors (Lipinski definition) is 1. The maximum atomic E-state index is 10.2. The van der Waals surface area contributed by atoms with Gasteiger partial charge in [0, 0.05) is 12.8 Å². The summed E-state index contributed by atoms with van der Waals surface area (Å²) in [5.41, 5.74) is 0. The van der Waals surface area contributed by atoms with Crippen molar-refractivity contribution in [2.75, 3.05) is 0 Å². The molecule has 2 amide bonds. The van der Waals surface area contributed by atoms with E-state index in [0.29, 0.717) is 0 Å². The molecule has 0 radical (unpaired) electrons. The molecule has 1 heterocycles. The minimum atomic E-state index is -0.505. The van der Waals surface area contributed by atoms with E-state index in [0.717, 1.165) is 0 Å². The van der Waals surface area contributed by atoms with Gasteiger partial charge in [-0.1, -0.05) is 0 Å². The van der Waals surface area contributed by atoms with Gasteiger partial charge in [-0.3, -0.25) is 14.8 Å². The van der Waals surface area contributed by atoms with Gasteiger partial charge in [0.25, 0.3) is 11.8 Å². The van der Waals surface area contributed by atoms with Crippen molar-refractivity contribution in [3.05, 3.63) is 0 Å². The Bertz CT molecular complexity index is 131. The third-order valence-electron chi connectivity index (χ3n) is 1.03. The summed E-state index contributed by atoms with van der Waals surface area (Å²) in [4.78, 5) is 20.5. The summed E-state index contributed by atoms with van der Waals surface area (Å²) in [5.74, 6) is -1.01. The molecular weight excluding hydrogens is 133 g/mol. The van der Waals surface area contributed by atoms with Crippen LogP contribution in [-0.2, 0) is 9.59 Å². The van der Waals surface area contributed by atoms with E-state index < -0.39 is 11.8 Å². The second-order valence-electron chi connectivity index (χ2n) is 1.60. The molecule has 4 nitrogen and oxygen atoms in total. The Kier molecular flexibility index (Phi) is 3.35. The molecule has 0 saturated carbocycles. The average Bonchev–Trinajstić information content (AvgIpc) is 1.98. The van der Waals surface area contributed by atoms with Crippen LogP contribution in [0.2, 0.25) is 0 Å². The minimum absolute atomic E-state index is 0. The molecule has 1 N–H and O–H groups in total. The van der Waals surface area contributed by atoms with E-state index in [1.54, 1.807) is 0 Å². The molecule has 9 heavy (non-hydrogen) atoms. The molecule has 44 valence electrons. The Labute approximate surface area is 74.1 Å². The van der Waals surface area contributed by atoms with Crippen LogP contribution in [0.5, 0.6) is 0 Å². The SMILES string of the molecule is O=C1CCC(=O)N1O.[Na+]. The Morgan fingerprint density at radius 2 is 1.56 bits per heavy atom. The first-order valence-electron chi connectivity index (χ1n) is 2.26. The molecule has 0 aromatic heterocycles. The van der Waals surface area contributed by atoms with Crippen LogP contribution in [-0.4, -0.2) is 22.1 Å². The van der Waals surface area contributed by atoms with Crippen molar-refractivity contribution in [2.45, 2.75) is 12.8 Å². The number of hydroxylamine groups is 2. The predicted octanol–water partition coefficient (Wildman–Crippen LogP) is -3.47. The summed E-state index contributed by atoms with van der Waals surface area (Å²) in [5, 5.41) is 8.57. The Hall–Kier alpha value is 0.1000. The fourth-order valence-corrected chi connectivity index (χ4v) is 0.565. The Morgan fingerprint density at radius 3 is 1.67 bits per heavy atom. The molecule has 1 aliphatic rings. The molecule has 1 saturated heterocycles. The van der Waals surface area contributed by atoms with Crippen molar-refractivity contribution in [1.82, 2.24) is 5.06 Å². The van der Waals surface area contributed by atoms with Gasteiger partial charge in [-0.15, -0.1) is 0 Å². The molecule has 0 bridgehead atoms. The maximum absolute atomic E-state index is 10.2. The fraction of sp³-hybridized carbons (Fsp3) is 0.500. The maximum Gasteiger partial charge on any atom is 1.00 e. The van der Waals surface area contributed by atoms with Crippen LogP contribution in [0, 0.1) is 0 Å². The van der Waals surface area contributed by atoms with Gasteiger partial charge < -0.3 is 0 Å². The third kappa shape index (κ3) is 1.76. The van der Waals surface area contributed by atoms with Gasteiger partial charge in [0.1, 0.15) is 0 Å². The number of carbonyl (C=O) groups is 2. The van der Waals surface area contributed by atoms with Gasteiger partial charge >= 0.3 is 29.6 Å². The summed E-state index contributed by atoms with van der Waals surface area (Å²) in [6.45, 7) is 0. The standard InChI is InChI=1S/C4H5NO3.Na/c6-3-1-2-4(7)5(3)8;/h8H,1-2H2;/q;+1. The second-order valence-corrected chi connectivity index (χ2v) is 1.60. The van der Waals surface area contributed by atoms with Crippen LogP contribution < -0.4 is 29.6 Å². The summed E-state index contributed by atoms with van der Waals surface area (Å²) in [6.07, 6.45) is 0.296. The first-order valence-corrected chi connectivity index (χ1v) is 2.26. The zero-order valence-corrected chi connectivity index (χ0v) is 7.13. The van der Waals surface area contributed by atoms with E-state index in [1.165, 1.54) is 0 Å². The van der Waals surface area contributed by atoms with Crippen LogP contribution in [0.4, 0.5) is 0 Å². The molecule has 0 atom stereocenters. The summed E-state index contributed by atoms with van der Waals surface area (Å²) < 4.78 is 0. The van der Waals surface area contributed by atoms with Gasteiger partial charge in [0.2, 0.25) is 0 Å². The summed E-state index contributed by atoms with van der Waals surface area (Å²) in [7, 11) is 0. The van der Waals surface area contributed by atoms with E-state index in [4.69, 9.17) is 5.21 Å². The molecule has 5 heteroatoms. The number of rotatable bonds is 0. The first-order chi connectivity index (χ1) is 3.72. The Balaban J connectivity index is 0.000000640. The van der Waals surface area contributed by atoms with Crippen molar-refractivity contribution in [1.29, 1.82) is 0 Å². The third-order valence-corrected chi connectivity index (χ3v) is 1.03. The van der Waals surface area contributed by atoms with Crippen molar-refractivity contribution >= 4 is 11.8 Å². The van der Waals surface area contributed by atoms with Gasteiger partial charge in [-0.05, 0) is 0 Å². The summed E-state index contributed by atoms with van der Waals surface area (Å²) >= 11 is 0. The molecule has 1 rings (SSSR count). The molecule has 0 aromatic rings. The van der Waals surface area contributed by atoms with Crippen LogP contribution in [0.3, 0.4) is 0 Å². The Morgan fingerprint density at radius 1 is 1.22 bits per heavy atom. The van der Waals surface area contributed by atoms with E-state index in [2.05, 4.69) is 0 Å². The van der Waals surface area contributed by atoms with Crippen LogP contribution >= 0.6 is 0 Å². The zero-order valence-electron chi connectivity index (χ0n) is 5.13. The van der Waals surface area contributed by atoms with Crippen LogP contribution in [0.25, 0.3) is 0 Å². The molecule has 0 aromatic carbocycles. The van der Waals surface area contributed by atoms with Gasteiger partial charge in [0.05, 0.1) is 0 Å². The molecule has 0 aliphatic carbocycles. The topological polar surface area (TPSA) is 57.6 Å². The van der Waals surface area contributed by atoms with Crippen molar-refractivity contribution in [2.24, 2.45) is 0 Å². The van der Waals surface area contributed by atoms with E-state index in [-0.39, 0.29) is 47.5 Å². The number of amides is 2.